The molecule has 0 spiro atoms. The van der Waals surface area contributed by atoms with Crippen LogP contribution in [0.15, 0.2) is 16.3 Å². The minimum absolute atomic E-state index is 0.115. The Bertz CT molecular complexity index is 399. The molecule has 86 valence electrons. The highest BCUT2D eigenvalue weighted by Crippen LogP contribution is 2.32. The number of carbonyl (C=O) groups is 1. The zero-order valence-corrected chi connectivity index (χ0v) is 10.8. The summed E-state index contributed by atoms with van der Waals surface area (Å²) in [6.45, 7) is 1.83. The fourth-order valence-electron chi connectivity index (χ4n) is 1.17. The number of hydrogen-bond donors (Lipinski definition) is 2. The molecule has 2 N–H and O–H groups in total. The molecule has 0 amide bonds. The largest absolute Gasteiger partial charge is 0.480 e. The van der Waals surface area contributed by atoms with Crippen LogP contribution in [-0.4, -0.2) is 29.2 Å². The van der Waals surface area contributed by atoms with E-state index in [-0.39, 0.29) is 5.78 Å². The Morgan fingerprint density at radius 1 is 1.62 bits per heavy atom. The minimum Gasteiger partial charge on any atom is -0.424 e. The van der Waals surface area contributed by atoms with Gasteiger partial charge in [-0.2, -0.15) is 0 Å². The van der Waals surface area contributed by atoms with Gasteiger partial charge in [-0.3, -0.25) is 4.79 Å². The van der Waals surface area contributed by atoms with E-state index in [4.69, 9.17) is 10.0 Å². The Kier molecular flexibility index (Phi) is 5.27. The van der Waals surface area contributed by atoms with E-state index in [1.807, 2.05) is 13.2 Å². The second-order valence-corrected chi connectivity index (χ2v) is 5.23. The van der Waals surface area contributed by atoms with Crippen LogP contribution in [0.25, 0.3) is 6.08 Å². The summed E-state index contributed by atoms with van der Waals surface area (Å²) < 4.78 is 1.01. The average molecular weight is 256 g/mol. The van der Waals surface area contributed by atoms with Gasteiger partial charge in [-0.05, 0) is 17.9 Å². The number of thioether (sulfide) groups is 1. The summed E-state index contributed by atoms with van der Waals surface area (Å²) in [4.78, 5) is 12.2. The first-order valence-electron chi connectivity index (χ1n) is 4.83. The Morgan fingerprint density at radius 3 is 2.81 bits per heavy atom. The molecule has 0 atom stereocenters. The van der Waals surface area contributed by atoms with Crippen LogP contribution >= 0.6 is 23.1 Å². The second-order valence-electron chi connectivity index (χ2n) is 3.11. The lowest BCUT2D eigenvalue weighted by Crippen LogP contribution is -2.05. The second kappa shape index (κ2) is 6.25. The number of ketones is 1. The maximum Gasteiger partial charge on any atom is 0.480 e. The molecule has 0 aromatic carbocycles. The molecule has 0 fully saturated rings. The Morgan fingerprint density at radius 2 is 2.31 bits per heavy atom. The molecule has 0 unspecified atom stereocenters. The van der Waals surface area contributed by atoms with Gasteiger partial charge in [-0.15, -0.1) is 23.1 Å². The summed E-state index contributed by atoms with van der Waals surface area (Å²) in [5.41, 5.74) is 0.863. The van der Waals surface area contributed by atoms with Gasteiger partial charge in [0.2, 0.25) is 0 Å². The Balaban J connectivity index is 2.99. The van der Waals surface area contributed by atoms with Gasteiger partial charge in [0, 0.05) is 6.42 Å². The standard InChI is InChI=1S/C10H13BO3S2/c1-3-8(12)9-6-7(4-5-11(13)14)10(15-2)16-9/h4-6,13-14H,3H2,1-2H3. The first-order valence-corrected chi connectivity index (χ1v) is 6.88. The monoisotopic (exact) mass is 256 g/mol. The van der Waals surface area contributed by atoms with E-state index < -0.39 is 7.12 Å². The Labute approximate surface area is 103 Å². The third-order valence-electron chi connectivity index (χ3n) is 1.95. The van der Waals surface area contributed by atoms with Crippen molar-refractivity contribution in [3.05, 3.63) is 22.5 Å². The molecule has 3 nitrogen and oxygen atoms in total. The topological polar surface area (TPSA) is 57.5 Å². The SMILES string of the molecule is CCC(=O)c1cc(C=CB(O)O)c(SC)s1. The lowest BCUT2D eigenvalue weighted by atomic mass is 9.91. The number of hydrogen-bond acceptors (Lipinski definition) is 5. The van der Waals surface area contributed by atoms with E-state index in [0.29, 0.717) is 6.42 Å². The molecule has 0 aliphatic rings. The van der Waals surface area contributed by atoms with Gasteiger partial charge in [0.25, 0.3) is 0 Å². The van der Waals surface area contributed by atoms with Crippen LogP contribution in [-0.2, 0) is 0 Å². The van der Waals surface area contributed by atoms with Crippen LogP contribution in [0, 0.1) is 0 Å². The van der Waals surface area contributed by atoms with E-state index in [1.54, 1.807) is 23.9 Å². The molecule has 0 radical (unpaired) electrons. The van der Waals surface area contributed by atoms with Gasteiger partial charge in [0.05, 0.1) is 9.09 Å². The summed E-state index contributed by atoms with van der Waals surface area (Å²) in [5, 5.41) is 17.5. The maximum atomic E-state index is 11.5. The van der Waals surface area contributed by atoms with Crippen molar-refractivity contribution in [2.24, 2.45) is 0 Å². The molecule has 16 heavy (non-hydrogen) atoms. The van der Waals surface area contributed by atoms with E-state index in [9.17, 15) is 4.79 Å². The molecule has 1 rings (SSSR count). The van der Waals surface area contributed by atoms with Gasteiger partial charge < -0.3 is 10.0 Å². The number of Topliss-reactive ketones (excluding diaryl/α,β-unsaturated/α-hetero) is 1. The van der Waals surface area contributed by atoms with Gasteiger partial charge in [-0.1, -0.05) is 19.0 Å². The van der Waals surface area contributed by atoms with Gasteiger partial charge in [0.1, 0.15) is 0 Å². The highest BCUT2D eigenvalue weighted by molar-refractivity contribution is 8.00. The summed E-state index contributed by atoms with van der Waals surface area (Å²) in [6, 6.07) is 1.79. The van der Waals surface area contributed by atoms with Gasteiger partial charge in [-0.25, -0.2) is 0 Å². The van der Waals surface area contributed by atoms with E-state index >= 15 is 0 Å². The Hall–Kier alpha value is -0.555. The van der Waals surface area contributed by atoms with Crippen LogP contribution in [0.1, 0.15) is 28.6 Å². The van der Waals surface area contributed by atoms with Crippen molar-refractivity contribution < 1.29 is 14.8 Å². The zero-order valence-electron chi connectivity index (χ0n) is 9.14. The molecule has 0 bridgehead atoms. The van der Waals surface area contributed by atoms with Crippen LogP contribution in [0.4, 0.5) is 0 Å². The predicted octanol–water partition coefficient (Wildman–Crippen LogP) is 2.09. The summed E-state index contributed by atoms with van der Waals surface area (Å²) in [5.74, 6) is 1.40. The molecule has 0 saturated heterocycles. The summed E-state index contributed by atoms with van der Waals surface area (Å²) in [7, 11) is -1.46. The van der Waals surface area contributed by atoms with Crippen LogP contribution in [0.5, 0.6) is 0 Å². The molecule has 0 aliphatic carbocycles. The van der Waals surface area contributed by atoms with Crippen molar-refractivity contribution in [3.63, 3.8) is 0 Å². The first kappa shape index (κ1) is 13.5. The van der Waals surface area contributed by atoms with E-state index in [0.717, 1.165) is 14.6 Å². The maximum absolute atomic E-state index is 11.5. The predicted molar refractivity (Wildman–Crippen MR) is 69.9 cm³/mol. The fourth-order valence-corrected chi connectivity index (χ4v) is 3.02. The highest BCUT2D eigenvalue weighted by Gasteiger charge is 2.11. The zero-order chi connectivity index (χ0) is 12.1. The molecule has 1 aromatic rings. The average Bonchev–Trinajstić information content (AvgIpc) is 2.68. The van der Waals surface area contributed by atoms with Crippen molar-refractivity contribution in [3.8, 4) is 0 Å². The normalized spacial score (nSPS) is 11.0. The molecule has 1 aromatic heterocycles. The number of rotatable bonds is 5. The molecular formula is C10H13BO3S2. The van der Waals surface area contributed by atoms with Crippen LogP contribution in [0.3, 0.4) is 0 Å². The van der Waals surface area contributed by atoms with E-state index in [1.165, 1.54) is 17.3 Å². The fraction of sp³-hybridized carbons (Fsp3) is 0.300. The summed E-state index contributed by atoms with van der Waals surface area (Å²) in [6.07, 6.45) is 4.04. The number of carbonyl (C=O) groups excluding carboxylic acids is 1. The van der Waals surface area contributed by atoms with Crippen LogP contribution < -0.4 is 0 Å². The third-order valence-corrected chi connectivity index (χ3v) is 4.30. The molecule has 6 heteroatoms. The lowest BCUT2D eigenvalue weighted by molar-refractivity contribution is 0.0992. The summed E-state index contributed by atoms with van der Waals surface area (Å²) >= 11 is 2.99. The van der Waals surface area contributed by atoms with Gasteiger partial charge >= 0.3 is 7.12 Å². The first-order chi connectivity index (χ1) is 7.58. The molecular weight excluding hydrogens is 243 g/mol. The highest BCUT2D eigenvalue weighted by atomic mass is 32.2. The van der Waals surface area contributed by atoms with Crippen molar-refractivity contribution in [1.82, 2.24) is 0 Å². The quantitative estimate of drug-likeness (QED) is 0.481. The smallest absolute Gasteiger partial charge is 0.424 e. The molecule has 0 saturated carbocycles. The number of thiophene rings is 1. The van der Waals surface area contributed by atoms with Gasteiger partial charge in [0.15, 0.2) is 5.78 Å². The van der Waals surface area contributed by atoms with Crippen molar-refractivity contribution in [1.29, 1.82) is 0 Å². The van der Waals surface area contributed by atoms with E-state index in [2.05, 4.69) is 0 Å². The third kappa shape index (κ3) is 3.48. The molecule has 1 heterocycles. The minimum atomic E-state index is -1.46. The van der Waals surface area contributed by atoms with Crippen molar-refractivity contribution in [2.45, 2.75) is 17.6 Å². The van der Waals surface area contributed by atoms with Crippen molar-refractivity contribution in [2.75, 3.05) is 6.26 Å². The van der Waals surface area contributed by atoms with Crippen molar-refractivity contribution >= 4 is 42.1 Å². The molecule has 0 aliphatic heterocycles. The lowest BCUT2D eigenvalue weighted by Gasteiger charge is -1.92. The van der Waals surface area contributed by atoms with Crippen LogP contribution in [0.2, 0.25) is 0 Å².